The zero-order valence-electron chi connectivity index (χ0n) is 17.4. The molecule has 1 aromatic carbocycles. The van der Waals surface area contributed by atoms with E-state index < -0.39 is 17.2 Å². The number of aromatic nitrogens is 4. The van der Waals surface area contributed by atoms with E-state index >= 15 is 0 Å². The minimum Gasteiger partial charge on any atom is -0.420 e. The number of fused-ring (bicyclic) bond motifs is 1. The van der Waals surface area contributed by atoms with Gasteiger partial charge in [-0.15, -0.1) is 5.10 Å². The highest BCUT2D eigenvalue weighted by Crippen LogP contribution is 2.53. The van der Waals surface area contributed by atoms with Crippen molar-refractivity contribution in [3.05, 3.63) is 70.6 Å². The Hall–Kier alpha value is -3.87. The summed E-state index contributed by atoms with van der Waals surface area (Å²) >= 11 is 0. The van der Waals surface area contributed by atoms with Crippen molar-refractivity contribution in [1.82, 2.24) is 20.2 Å². The van der Waals surface area contributed by atoms with Crippen LogP contribution in [-0.4, -0.2) is 20.2 Å². The van der Waals surface area contributed by atoms with Crippen LogP contribution in [0.15, 0.2) is 48.2 Å². The molecule has 0 aliphatic carbocycles. The van der Waals surface area contributed by atoms with Crippen LogP contribution >= 0.6 is 0 Å². The smallest absolute Gasteiger partial charge is 0.416 e. The van der Waals surface area contributed by atoms with E-state index in [9.17, 15) is 18.4 Å². The normalized spacial score (nSPS) is 18.3. The molecular weight excluding hydrogens is 421 g/mol. The summed E-state index contributed by atoms with van der Waals surface area (Å²) in [4.78, 5) is 7.95. The summed E-state index contributed by atoms with van der Waals surface area (Å²) in [6.45, 7) is 5.36. The molecule has 3 heterocycles. The summed E-state index contributed by atoms with van der Waals surface area (Å²) in [6, 6.07) is 7.29. The zero-order chi connectivity index (χ0) is 23.3. The molecule has 1 aliphatic rings. The van der Waals surface area contributed by atoms with Crippen molar-refractivity contribution in [2.24, 2.45) is 11.7 Å². The molecule has 0 spiro atoms. The lowest BCUT2D eigenvalue weighted by atomic mass is 9.61. The van der Waals surface area contributed by atoms with Crippen LogP contribution in [0.5, 0.6) is 5.88 Å². The molecule has 1 unspecified atom stereocenters. The number of hydrogen-bond acceptors (Lipinski definition) is 6. The number of H-pyrrole nitrogens is 1. The number of ether oxygens (including phenoxy) is 1. The molecule has 10 heteroatoms. The Morgan fingerprint density at radius 1 is 1.25 bits per heavy atom. The molecule has 0 saturated carbocycles. The van der Waals surface area contributed by atoms with Gasteiger partial charge in [0.25, 0.3) is 0 Å². The Labute approximate surface area is 181 Å². The third kappa shape index (κ3) is 3.09. The van der Waals surface area contributed by atoms with Gasteiger partial charge in [-0.2, -0.15) is 18.4 Å². The maximum absolute atomic E-state index is 13.9. The summed E-state index contributed by atoms with van der Waals surface area (Å²) in [5, 5.41) is 17.0. The van der Waals surface area contributed by atoms with Crippen LogP contribution < -0.4 is 10.5 Å². The van der Waals surface area contributed by atoms with Gasteiger partial charge in [0.15, 0.2) is 0 Å². The predicted molar refractivity (Wildman–Crippen MR) is 109 cm³/mol. The second kappa shape index (κ2) is 7.37. The molecule has 3 N–H and O–H groups in total. The van der Waals surface area contributed by atoms with Crippen LogP contribution in [0, 0.1) is 24.2 Å². The lowest BCUT2D eigenvalue weighted by Gasteiger charge is -2.41. The van der Waals surface area contributed by atoms with E-state index in [4.69, 9.17) is 10.5 Å². The van der Waals surface area contributed by atoms with Crippen molar-refractivity contribution in [3.8, 4) is 23.2 Å². The highest BCUT2D eigenvalue weighted by molar-refractivity contribution is 5.67. The van der Waals surface area contributed by atoms with Gasteiger partial charge in [-0.3, -0.25) is 5.10 Å². The molecule has 1 atom stereocenters. The van der Waals surface area contributed by atoms with Crippen molar-refractivity contribution in [3.63, 3.8) is 0 Å². The summed E-state index contributed by atoms with van der Waals surface area (Å²) in [5.74, 6) is -0.439. The summed E-state index contributed by atoms with van der Waals surface area (Å²) in [5.41, 5.74) is 5.75. The fraction of sp³-hybridized carbons (Fsp3) is 0.273. The Morgan fingerprint density at radius 2 is 2.00 bits per heavy atom. The number of hydrogen-bond donors (Lipinski definition) is 2. The molecule has 0 fully saturated rings. The van der Waals surface area contributed by atoms with Crippen LogP contribution in [0.3, 0.4) is 0 Å². The number of nitrogens with zero attached hydrogens (tertiary/aromatic N) is 4. The van der Waals surface area contributed by atoms with Crippen LogP contribution in [-0.2, 0) is 11.6 Å². The second-order valence-electron chi connectivity index (χ2n) is 7.84. The highest BCUT2D eigenvalue weighted by Gasteiger charge is 2.51. The van der Waals surface area contributed by atoms with E-state index in [0.29, 0.717) is 17.0 Å². The van der Waals surface area contributed by atoms with E-state index in [1.807, 2.05) is 13.8 Å². The van der Waals surface area contributed by atoms with Gasteiger partial charge >= 0.3 is 6.18 Å². The van der Waals surface area contributed by atoms with Crippen molar-refractivity contribution < 1.29 is 17.9 Å². The molecule has 4 rings (SSSR count). The number of halogens is 3. The maximum Gasteiger partial charge on any atom is 0.416 e. The molecule has 1 aliphatic heterocycles. The molecule has 0 bridgehead atoms. The number of aryl methyl sites for hydroxylation is 1. The van der Waals surface area contributed by atoms with Gasteiger partial charge in [0.05, 0.1) is 22.2 Å². The average Bonchev–Trinajstić information content (AvgIpc) is 3.12. The maximum atomic E-state index is 13.9. The number of nitriles is 1. The molecule has 2 aromatic heterocycles. The Bertz CT molecular complexity index is 1260. The van der Waals surface area contributed by atoms with Gasteiger partial charge in [-0.25, -0.2) is 9.97 Å². The third-order valence-corrected chi connectivity index (χ3v) is 5.73. The molecule has 0 radical (unpaired) electrons. The van der Waals surface area contributed by atoms with E-state index in [1.165, 1.54) is 18.6 Å². The third-order valence-electron chi connectivity index (χ3n) is 5.73. The minimum absolute atomic E-state index is 0.0254. The summed E-state index contributed by atoms with van der Waals surface area (Å²) < 4.78 is 47.4. The molecule has 3 aromatic rings. The van der Waals surface area contributed by atoms with E-state index in [2.05, 4.69) is 26.2 Å². The first-order chi connectivity index (χ1) is 15.1. The number of rotatable bonds is 3. The van der Waals surface area contributed by atoms with Crippen LogP contribution in [0.25, 0.3) is 11.3 Å². The van der Waals surface area contributed by atoms with Crippen molar-refractivity contribution in [2.75, 3.05) is 0 Å². The fourth-order valence-corrected chi connectivity index (χ4v) is 4.39. The number of nitrogens with one attached hydrogen (secondary N) is 1. The molecular formula is C22H19F3N6O. The Balaban J connectivity index is 2.14. The first-order valence-corrected chi connectivity index (χ1v) is 9.73. The molecule has 7 nitrogen and oxygen atoms in total. The number of aromatic amines is 1. The number of allylic oxidation sites excluding steroid dienone is 1. The SMILES string of the molecule is Cc1[nH]nc2c1C(c1cc(-c3ccncn3)cc(C(F)(F)F)c1)(C(C)C)C(C#N)=C(N)O2. The first-order valence-electron chi connectivity index (χ1n) is 9.73. The number of benzene rings is 1. The Kier molecular flexibility index (Phi) is 4.92. The standard InChI is InChI=1S/C22H19F3N6O/c1-11(2)21(16(9-26)19(27)32-20-18(21)12(3)30-31-20)14-6-13(17-4-5-28-10-29-17)7-15(8-14)22(23,24)25/h4-8,10-11H,27H2,1-3H3,(H,30,31). The highest BCUT2D eigenvalue weighted by atomic mass is 19.4. The fourth-order valence-electron chi connectivity index (χ4n) is 4.39. The largest absolute Gasteiger partial charge is 0.420 e. The van der Waals surface area contributed by atoms with Gasteiger partial charge in [-0.05, 0) is 42.7 Å². The summed E-state index contributed by atoms with van der Waals surface area (Å²) in [7, 11) is 0. The number of nitrogens with two attached hydrogens (primary N) is 1. The van der Waals surface area contributed by atoms with E-state index in [0.717, 1.165) is 12.1 Å². The monoisotopic (exact) mass is 440 g/mol. The van der Waals surface area contributed by atoms with Crippen LogP contribution in [0.4, 0.5) is 13.2 Å². The lowest BCUT2D eigenvalue weighted by molar-refractivity contribution is -0.137. The van der Waals surface area contributed by atoms with Gasteiger partial charge in [0.2, 0.25) is 11.8 Å². The second-order valence-corrected chi connectivity index (χ2v) is 7.84. The summed E-state index contributed by atoms with van der Waals surface area (Å²) in [6.07, 6.45) is -1.91. The first kappa shape index (κ1) is 21.4. The van der Waals surface area contributed by atoms with Crippen molar-refractivity contribution in [2.45, 2.75) is 32.4 Å². The van der Waals surface area contributed by atoms with Gasteiger partial charge in [0, 0.05) is 17.5 Å². The minimum atomic E-state index is -4.63. The quantitative estimate of drug-likeness (QED) is 0.630. The molecule has 164 valence electrons. The van der Waals surface area contributed by atoms with Crippen molar-refractivity contribution >= 4 is 0 Å². The van der Waals surface area contributed by atoms with E-state index in [-0.39, 0.29) is 34.4 Å². The van der Waals surface area contributed by atoms with Gasteiger partial charge in [-0.1, -0.05) is 13.8 Å². The van der Waals surface area contributed by atoms with Crippen molar-refractivity contribution in [1.29, 1.82) is 5.26 Å². The topological polar surface area (TPSA) is 114 Å². The van der Waals surface area contributed by atoms with Gasteiger partial charge in [0.1, 0.15) is 18.0 Å². The van der Waals surface area contributed by atoms with Crippen LogP contribution in [0.1, 0.15) is 36.2 Å². The van der Waals surface area contributed by atoms with Crippen LogP contribution in [0.2, 0.25) is 0 Å². The predicted octanol–water partition coefficient (Wildman–Crippen LogP) is 4.22. The molecule has 0 amide bonds. The molecule has 32 heavy (non-hydrogen) atoms. The molecule has 0 saturated heterocycles. The van der Waals surface area contributed by atoms with E-state index in [1.54, 1.807) is 13.0 Å². The lowest BCUT2D eigenvalue weighted by Crippen LogP contribution is -2.41. The average molecular weight is 440 g/mol. The van der Waals surface area contributed by atoms with Gasteiger partial charge < -0.3 is 10.5 Å². The Morgan fingerprint density at radius 3 is 2.59 bits per heavy atom. The number of alkyl halides is 3. The zero-order valence-corrected chi connectivity index (χ0v) is 17.4.